The Balaban J connectivity index is 1.46. The van der Waals surface area contributed by atoms with E-state index in [1.54, 1.807) is 11.6 Å². The molecule has 1 N–H and O–H groups in total. The monoisotopic (exact) mass is 453 g/mol. The zero-order valence-corrected chi connectivity index (χ0v) is 17.1. The Labute approximate surface area is 179 Å². The molecule has 0 spiro atoms. The third-order valence-corrected chi connectivity index (χ3v) is 5.14. The lowest BCUT2D eigenvalue weighted by atomic mass is 10.1. The Bertz CT molecular complexity index is 1130. The third-order valence-electron chi connectivity index (χ3n) is 4.84. The SMILES string of the molecule is CC(O)(CN1CCn2nc(-c3cc(F)cc(F)c3)nc2C1)Cn1cc([N+](=O)[O-])nc1Cl. The van der Waals surface area contributed by atoms with Gasteiger partial charge in [0.05, 0.1) is 25.2 Å². The van der Waals surface area contributed by atoms with Gasteiger partial charge in [-0.25, -0.2) is 18.4 Å². The minimum atomic E-state index is -1.27. The van der Waals surface area contributed by atoms with Gasteiger partial charge >= 0.3 is 11.1 Å². The maximum absolute atomic E-state index is 13.5. The van der Waals surface area contributed by atoms with Gasteiger partial charge in [-0.1, -0.05) is 0 Å². The fourth-order valence-electron chi connectivity index (χ4n) is 3.60. The molecule has 0 bridgehead atoms. The Morgan fingerprint density at radius 3 is 2.58 bits per heavy atom. The molecule has 10 nitrogen and oxygen atoms in total. The Morgan fingerprint density at radius 2 is 1.94 bits per heavy atom. The van der Waals surface area contributed by atoms with Crippen molar-refractivity contribution in [3.05, 3.63) is 57.3 Å². The molecule has 1 aliphatic heterocycles. The van der Waals surface area contributed by atoms with Crippen LogP contribution in [-0.2, 0) is 19.6 Å². The molecule has 0 saturated heterocycles. The van der Waals surface area contributed by atoms with Gasteiger partial charge in [-0.2, -0.15) is 5.10 Å². The highest BCUT2D eigenvalue weighted by Gasteiger charge is 2.30. The number of hydrogen-bond acceptors (Lipinski definition) is 7. The second-order valence-electron chi connectivity index (χ2n) is 7.69. The van der Waals surface area contributed by atoms with Crippen LogP contribution in [0, 0.1) is 21.7 Å². The van der Waals surface area contributed by atoms with E-state index in [1.807, 2.05) is 4.90 Å². The quantitative estimate of drug-likeness (QED) is 0.449. The average molecular weight is 454 g/mol. The van der Waals surface area contributed by atoms with Crippen LogP contribution in [0.5, 0.6) is 0 Å². The van der Waals surface area contributed by atoms with E-state index in [-0.39, 0.29) is 29.8 Å². The number of halogens is 3. The first-order valence-corrected chi connectivity index (χ1v) is 9.69. The highest BCUT2D eigenvalue weighted by Crippen LogP contribution is 2.23. The first-order chi connectivity index (χ1) is 14.6. The van der Waals surface area contributed by atoms with Gasteiger partial charge in [-0.3, -0.25) is 9.47 Å². The van der Waals surface area contributed by atoms with Crippen molar-refractivity contribution in [3.63, 3.8) is 0 Å². The summed E-state index contributed by atoms with van der Waals surface area (Å²) in [5.41, 5.74) is -1.02. The summed E-state index contributed by atoms with van der Waals surface area (Å²) in [6.45, 7) is 3.22. The van der Waals surface area contributed by atoms with Gasteiger partial charge in [-0.15, -0.1) is 0 Å². The van der Waals surface area contributed by atoms with Crippen molar-refractivity contribution in [3.8, 4) is 11.4 Å². The van der Waals surface area contributed by atoms with E-state index in [0.29, 0.717) is 25.5 Å². The van der Waals surface area contributed by atoms with Gasteiger partial charge in [0.1, 0.15) is 23.7 Å². The molecule has 4 rings (SSSR count). The number of nitro groups is 1. The predicted molar refractivity (Wildman–Crippen MR) is 105 cm³/mol. The van der Waals surface area contributed by atoms with Crippen molar-refractivity contribution in [1.82, 2.24) is 29.2 Å². The lowest BCUT2D eigenvalue weighted by Crippen LogP contribution is -2.46. The third kappa shape index (κ3) is 4.70. The summed E-state index contributed by atoms with van der Waals surface area (Å²) in [6.07, 6.45) is 1.17. The molecular weight excluding hydrogens is 436 g/mol. The number of rotatable bonds is 6. The van der Waals surface area contributed by atoms with E-state index in [4.69, 9.17) is 11.6 Å². The zero-order chi connectivity index (χ0) is 22.3. The summed E-state index contributed by atoms with van der Waals surface area (Å²) < 4.78 is 30.0. The number of hydrogen-bond donors (Lipinski definition) is 1. The van der Waals surface area contributed by atoms with Crippen LogP contribution in [0.3, 0.4) is 0 Å². The smallest absolute Gasteiger partial charge is 0.383 e. The fourth-order valence-corrected chi connectivity index (χ4v) is 3.80. The predicted octanol–water partition coefficient (Wildman–Crippen LogP) is 2.25. The first kappa shape index (κ1) is 21.3. The fraction of sp³-hybridized carbons (Fsp3) is 0.389. The van der Waals surface area contributed by atoms with Gasteiger partial charge in [0, 0.05) is 24.7 Å². The van der Waals surface area contributed by atoms with Crippen molar-refractivity contribution in [1.29, 1.82) is 0 Å². The minimum Gasteiger partial charge on any atom is -0.387 e. The average Bonchev–Trinajstić information content (AvgIpc) is 3.24. The molecule has 0 radical (unpaired) electrons. The summed E-state index contributed by atoms with van der Waals surface area (Å²) >= 11 is 5.94. The molecule has 13 heteroatoms. The van der Waals surface area contributed by atoms with Crippen LogP contribution in [0.1, 0.15) is 12.7 Å². The van der Waals surface area contributed by atoms with Crippen LogP contribution in [0.4, 0.5) is 14.6 Å². The zero-order valence-electron chi connectivity index (χ0n) is 16.4. The van der Waals surface area contributed by atoms with Crippen molar-refractivity contribution in [2.24, 2.45) is 0 Å². The maximum atomic E-state index is 13.5. The molecule has 31 heavy (non-hydrogen) atoms. The molecule has 3 heterocycles. The molecule has 2 aromatic heterocycles. The largest absolute Gasteiger partial charge is 0.387 e. The number of imidazole rings is 1. The molecule has 1 unspecified atom stereocenters. The number of β-amino-alcohol motifs (C(OH)–C–C–N with tert-alkyl or cyclic N) is 1. The van der Waals surface area contributed by atoms with Gasteiger partial charge in [-0.05, 0) is 40.6 Å². The highest BCUT2D eigenvalue weighted by molar-refractivity contribution is 6.28. The van der Waals surface area contributed by atoms with Crippen LogP contribution < -0.4 is 0 Å². The lowest BCUT2D eigenvalue weighted by Gasteiger charge is -2.33. The molecule has 0 fully saturated rings. The van der Waals surface area contributed by atoms with E-state index in [0.717, 1.165) is 6.07 Å². The van der Waals surface area contributed by atoms with Gasteiger partial charge in [0.25, 0.3) is 0 Å². The summed E-state index contributed by atoms with van der Waals surface area (Å²) in [5, 5.41) is 25.9. The molecule has 1 atom stereocenters. The van der Waals surface area contributed by atoms with Crippen molar-refractivity contribution in [2.75, 3.05) is 13.1 Å². The van der Waals surface area contributed by atoms with Crippen LogP contribution in [0.2, 0.25) is 5.28 Å². The molecule has 0 saturated carbocycles. The van der Waals surface area contributed by atoms with E-state index >= 15 is 0 Å². The lowest BCUT2D eigenvalue weighted by molar-refractivity contribution is -0.389. The number of nitrogens with zero attached hydrogens (tertiary/aromatic N) is 7. The van der Waals surface area contributed by atoms with Crippen LogP contribution in [0.25, 0.3) is 11.4 Å². The molecule has 164 valence electrons. The molecule has 3 aromatic rings. The molecule has 1 aromatic carbocycles. The number of fused-ring (bicyclic) bond motifs is 1. The molecular formula is C18H18ClF2N7O3. The van der Waals surface area contributed by atoms with Gasteiger partial charge in [0.2, 0.25) is 0 Å². The second kappa shape index (κ2) is 7.94. The first-order valence-electron chi connectivity index (χ1n) is 9.32. The number of aromatic nitrogens is 5. The normalized spacial score (nSPS) is 16.2. The van der Waals surface area contributed by atoms with Crippen molar-refractivity contribution in [2.45, 2.75) is 32.2 Å². The van der Waals surface area contributed by atoms with Crippen LogP contribution in [0.15, 0.2) is 24.4 Å². The van der Waals surface area contributed by atoms with E-state index < -0.39 is 28.0 Å². The maximum Gasteiger partial charge on any atom is 0.383 e. The summed E-state index contributed by atoms with van der Waals surface area (Å²) in [5.74, 6) is -0.997. The standard InChI is InChI=1S/C18H18ClF2N7O3/c1-18(29,10-26-8-15(28(30)31)23-17(26)19)9-25-2-3-27-14(7-25)22-16(24-27)11-4-12(20)6-13(21)5-11/h4-6,8,29H,2-3,7,9-10H2,1H3. The van der Waals surface area contributed by atoms with E-state index in [1.165, 1.54) is 22.9 Å². The van der Waals surface area contributed by atoms with E-state index in [2.05, 4.69) is 15.1 Å². The summed E-state index contributed by atoms with van der Waals surface area (Å²) in [6, 6.07) is 3.12. The van der Waals surface area contributed by atoms with E-state index in [9.17, 15) is 24.0 Å². The topological polar surface area (TPSA) is 115 Å². The Morgan fingerprint density at radius 1 is 1.23 bits per heavy atom. The number of aliphatic hydroxyl groups is 1. The molecule has 0 aliphatic carbocycles. The summed E-state index contributed by atoms with van der Waals surface area (Å²) in [4.78, 5) is 20.2. The molecule has 1 aliphatic rings. The van der Waals surface area contributed by atoms with Crippen LogP contribution >= 0.6 is 11.6 Å². The van der Waals surface area contributed by atoms with Gasteiger partial charge in [0.15, 0.2) is 5.82 Å². The van der Waals surface area contributed by atoms with Crippen LogP contribution in [-0.4, -0.2) is 57.9 Å². The highest BCUT2D eigenvalue weighted by atomic mass is 35.5. The Hall–Kier alpha value is -2.96. The minimum absolute atomic E-state index is 0.00365. The summed E-state index contributed by atoms with van der Waals surface area (Å²) in [7, 11) is 0. The van der Waals surface area contributed by atoms with Crippen molar-refractivity contribution >= 4 is 17.4 Å². The number of benzene rings is 1. The molecule has 0 amide bonds. The Kier molecular flexibility index (Phi) is 5.45. The second-order valence-corrected chi connectivity index (χ2v) is 8.03. The van der Waals surface area contributed by atoms with Gasteiger partial charge < -0.3 is 15.2 Å². The van der Waals surface area contributed by atoms with Crippen molar-refractivity contribution < 1.29 is 18.8 Å².